The van der Waals surface area contributed by atoms with E-state index in [0.29, 0.717) is 5.69 Å². The second-order valence-corrected chi connectivity index (χ2v) is 19.2. The Morgan fingerprint density at radius 1 is 0.714 bits per heavy atom. The Morgan fingerprint density at radius 2 is 1.44 bits per heavy atom. The summed E-state index contributed by atoms with van der Waals surface area (Å²) >= 11 is 0. The minimum atomic E-state index is -0.147. The van der Waals surface area contributed by atoms with E-state index in [0.717, 1.165) is 153 Å². The predicted octanol–water partition coefficient (Wildman–Crippen LogP) is 10.7. The lowest BCUT2D eigenvalue weighted by molar-refractivity contribution is -0.118. The fourth-order valence-corrected chi connectivity index (χ4v) is 10.5. The zero-order valence-corrected chi connectivity index (χ0v) is 39.7. The number of aromatic nitrogens is 10. The highest BCUT2D eigenvalue weighted by molar-refractivity contribution is 6.03. The first kappa shape index (κ1) is 43.4. The molecule has 10 heterocycles. The lowest BCUT2D eigenvalue weighted by atomic mass is 9.91. The molecule has 352 valence electrons. The third-order valence-corrected chi connectivity index (χ3v) is 14.2. The molecule has 6 N–H and O–H groups in total. The van der Waals surface area contributed by atoms with Crippen LogP contribution in [0.3, 0.4) is 0 Å². The van der Waals surface area contributed by atoms with Gasteiger partial charge in [0.25, 0.3) is 0 Å². The molecule has 8 aromatic heterocycles. The van der Waals surface area contributed by atoms with Gasteiger partial charge >= 0.3 is 0 Å². The van der Waals surface area contributed by atoms with Crippen LogP contribution in [0.4, 0.5) is 17.1 Å². The molecule has 0 saturated carbocycles. The van der Waals surface area contributed by atoms with E-state index in [-0.39, 0.29) is 17.7 Å². The van der Waals surface area contributed by atoms with E-state index in [1.165, 1.54) is 30.3 Å². The van der Waals surface area contributed by atoms with Crippen LogP contribution in [0.15, 0.2) is 104 Å². The minimum absolute atomic E-state index is 0.0640. The molecular weight excluding hydrogens is 873 g/mol. The van der Waals surface area contributed by atoms with Gasteiger partial charge in [-0.1, -0.05) is 32.9 Å². The quantitative estimate of drug-likeness (QED) is 0.0688. The summed E-state index contributed by atoms with van der Waals surface area (Å²) in [6, 6.07) is 26.0. The Labute approximate surface area is 405 Å². The molecule has 10 aromatic rings. The van der Waals surface area contributed by atoms with Crippen molar-refractivity contribution in [2.45, 2.75) is 65.3 Å². The number of hydrogen-bond acceptors (Lipinski definition) is 10. The van der Waals surface area contributed by atoms with Crippen LogP contribution in [0.5, 0.6) is 0 Å². The SMILES string of the molecule is CCNCc1cncc(-c2cc3c(-c4cc5c(N6CCCCC6)cccc5[nH]4)[nH]nc3c(C3CCCN(c4cccc5[nH]c(-c6n[nH]c7cnc(-c8cncc(NC(=O)C(C)C)c8)cc67)cc45)C3)n2)c1. The third-order valence-electron chi connectivity index (χ3n) is 14.2. The molecule has 12 rings (SSSR count). The van der Waals surface area contributed by atoms with Gasteiger partial charge in [0, 0.05) is 118 Å². The summed E-state index contributed by atoms with van der Waals surface area (Å²) in [7, 11) is 0. The zero-order valence-electron chi connectivity index (χ0n) is 39.7. The predicted molar refractivity (Wildman–Crippen MR) is 280 cm³/mol. The molecule has 15 nitrogen and oxygen atoms in total. The van der Waals surface area contributed by atoms with Crippen LogP contribution in [0.1, 0.15) is 70.1 Å². The Kier molecular flexibility index (Phi) is 11.3. The van der Waals surface area contributed by atoms with Crippen molar-refractivity contribution in [3.63, 3.8) is 0 Å². The monoisotopic (exact) mass is 928 g/mol. The van der Waals surface area contributed by atoms with Gasteiger partial charge in [-0.2, -0.15) is 10.2 Å². The highest BCUT2D eigenvalue weighted by atomic mass is 16.1. The summed E-state index contributed by atoms with van der Waals surface area (Å²) in [5, 5.41) is 27.3. The third kappa shape index (κ3) is 8.09. The molecule has 0 aliphatic carbocycles. The lowest BCUT2D eigenvalue weighted by Crippen LogP contribution is -2.34. The number of nitrogens with one attached hydrogen (secondary N) is 6. The van der Waals surface area contributed by atoms with Gasteiger partial charge in [-0.05, 0) is 105 Å². The van der Waals surface area contributed by atoms with E-state index in [9.17, 15) is 4.79 Å². The van der Waals surface area contributed by atoms with E-state index in [4.69, 9.17) is 20.2 Å². The molecule has 1 amide bonds. The summed E-state index contributed by atoms with van der Waals surface area (Å²) in [4.78, 5) is 44.3. The summed E-state index contributed by atoms with van der Waals surface area (Å²) < 4.78 is 0. The van der Waals surface area contributed by atoms with E-state index >= 15 is 0 Å². The number of rotatable bonds is 12. The molecule has 70 heavy (non-hydrogen) atoms. The van der Waals surface area contributed by atoms with Crippen molar-refractivity contribution in [1.82, 2.24) is 55.6 Å². The van der Waals surface area contributed by atoms with Crippen molar-refractivity contribution in [1.29, 1.82) is 0 Å². The van der Waals surface area contributed by atoms with E-state index in [1.807, 2.05) is 38.4 Å². The number of H-pyrrole nitrogens is 4. The van der Waals surface area contributed by atoms with E-state index < -0.39 is 0 Å². The molecule has 0 radical (unpaired) electrons. The first-order valence-corrected chi connectivity index (χ1v) is 24.7. The Balaban J connectivity index is 0.894. The summed E-state index contributed by atoms with van der Waals surface area (Å²) in [6.45, 7) is 11.3. The second-order valence-electron chi connectivity index (χ2n) is 19.2. The van der Waals surface area contributed by atoms with E-state index in [2.05, 4.69) is 118 Å². The number of nitrogens with zero attached hydrogens (tertiary/aromatic N) is 8. The van der Waals surface area contributed by atoms with Crippen LogP contribution >= 0.6 is 0 Å². The van der Waals surface area contributed by atoms with Crippen LogP contribution in [-0.4, -0.2) is 88.9 Å². The van der Waals surface area contributed by atoms with Gasteiger partial charge in [0.05, 0.1) is 57.8 Å². The van der Waals surface area contributed by atoms with Gasteiger partial charge < -0.3 is 30.4 Å². The Morgan fingerprint density at radius 3 is 2.24 bits per heavy atom. The molecule has 0 spiro atoms. The summed E-state index contributed by atoms with van der Waals surface area (Å²) in [6.07, 6.45) is 14.8. The Bertz CT molecular complexity index is 3560. The fourth-order valence-electron chi connectivity index (χ4n) is 10.5. The van der Waals surface area contributed by atoms with Gasteiger partial charge in [-0.15, -0.1) is 0 Å². The molecule has 0 bridgehead atoms. The maximum Gasteiger partial charge on any atom is 0.226 e. The van der Waals surface area contributed by atoms with Crippen LogP contribution < -0.4 is 20.4 Å². The average Bonchev–Trinajstić information content (AvgIpc) is 4.23. The van der Waals surface area contributed by atoms with Gasteiger partial charge in [0.1, 0.15) is 11.2 Å². The summed E-state index contributed by atoms with van der Waals surface area (Å²) in [5.41, 5.74) is 16.2. The maximum absolute atomic E-state index is 12.5. The number of anilines is 3. The van der Waals surface area contributed by atoms with Crippen molar-refractivity contribution in [2.75, 3.05) is 47.8 Å². The largest absolute Gasteiger partial charge is 0.371 e. The van der Waals surface area contributed by atoms with Gasteiger partial charge in [-0.3, -0.25) is 34.9 Å². The number of aromatic amines is 4. The number of fused-ring (bicyclic) bond motifs is 4. The van der Waals surface area contributed by atoms with Crippen molar-refractivity contribution in [2.24, 2.45) is 5.92 Å². The zero-order chi connectivity index (χ0) is 47.3. The summed E-state index contributed by atoms with van der Waals surface area (Å²) in [5.74, 6) is -0.100. The lowest BCUT2D eigenvalue weighted by Gasteiger charge is -2.34. The first-order valence-electron chi connectivity index (χ1n) is 24.7. The number of piperidine rings is 2. The van der Waals surface area contributed by atoms with Crippen molar-refractivity contribution < 1.29 is 4.79 Å². The van der Waals surface area contributed by atoms with Crippen LogP contribution in [0.2, 0.25) is 0 Å². The number of amides is 1. The number of pyridine rings is 4. The number of carbonyl (C=O) groups is 1. The fraction of sp³-hybridized carbons (Fsp3) is 0.291. The molecule has 2 aliphatic heterocycles. The van der Waals surface area contributed by atoms with E-state index in [1.54, 1.807) is 18.6 Å². The molecular formula is C55H56N14O. The van der Waals surface area contributed by atoms with Crippen LogP contribution in [-0.2, 0) is 11.3 Å². The molecule has 1 atom stereocenters. The van der Waals surface area contributed by atoms with Crippen molar-refractivity contribution in [3.8, 4) is 45.3 Å². The molecule has 2 saturated heterocycles. The first-order chi connectivity index (χ1) is 34.3. The topological polar surface area (TPSA) is 188 Å². The standard InChI is InChI=1S/C55H56N14O/c1-4-56-25-33-19-35(27-57-26-33)45-24-41-53(47-21-38-42(62-47)12-8-14-49(38)68-16-6-5-7-17-68)66-67-54(41)51(63-45)34-11-10-18-69(31-34)50-15-9-13-43-39(50)22-46(61-43)52-40-23-44(59-30-48(40)64-65-52)36-20-37(29-58-28-36)60-55(70)32(2)3/h8-9,12-15,19-24,26-30,32,34,56,61-62H,4-7,10-11,16-18,25,31H2,1-3H3,(H,60,70)(H,64,65)(H,66,67). The average molecular weight is 929 g/mol. The smallest absolute Gasteiger partial charge is 0.226 e. The van der Waals surface area contributed by atoms with Crippen LogP contribution in [0.25, 0.3) is 88.9 Å². The number of benzene rings is 2. The molecule has 2 aliphatic rings. The normalized spacial score (nSPS) is 15.6. The van der Waals surface area contributed by atoms with Gasteiger partial charge in [0.2, 0.25) is 5.91 Å². The van der Waals surface area contributed by atoms with Crippen molar-refractivity contribution >= 4 is 66.6 Å². The van der Waals surface area contributed by atoms with Crippen molar-refractivity contribution in [3.05, 3.63) is 115 Å². The second kappa shape index (κ2) is 18.2. The Hall–Kier alpha value is -7.91. The number of carbonyl (C=O) groups excluding carboxylic acids is 1. The molecule has 1 unspecified atom stereocenters. The maximum atomic E-state index is 12.5. The van der Waals surface area contributed by atoms with Gasteiger partial charge in [-0.25, -0.2) is 0 Å². The highest BCUT2D eigenvalue weighted by Crippen LogP contribution is 2.41. The molecule has 2 aromatic carbocycles. The highest BCUT2D eigenvalue weighted by Gasteiger charge is 2.29. The number of hydrogen-bond donors (Lipinski definition) is 6. The van der Waals surface area contributed by atoms with Crippen LogP contribution in [0, 0.1) is 5.92 Å². The van der Waals surface area contributed by atoms with Gasteiger partial charge in [0.15, 0.2) is 0 Å². The minimum Gasteiger partial charge on any atom is -0.371 e. The molecule has 15 heteroatoms. The molecule has 2 fully saturated rings.